The van der Waals surface area contributed by atoms with E-state index in [1.807, 2.05) is 13.8 Å². The summed E-state index contributed by atoms with van der Waals surface area (Å²) in [5.41, 5.74) is 0.0502. The molecule has 0 aliphatic rings. The highest BCUT2D eigenvalue weighted by molar-refractivity contribution is 6.32. The largest absolute Gasteiger partial charge is 0.329 e. The second kappa shape index (κ2) is 6.50. The van der Waals surface area contributed by atoms with E-state index in [1.54, 1.807) is 24.3 Å². The van der Waals surface area contributed by atoms with E-state index in [9.17, 15) is 9.59 Å². The molecule has 0 fully saturated rings. The lowest BCUT2D eigenvalue weighted by atomic mass is 10.1. The molecule has 112 valence electrons. The van der Waals surface area contributed by atoms with Gasteiger partial charge in [-0.15, -0.1) is 0 Å². The third-order valence-electron chi connectivity index (χ3n) is 3.46. The molecule has 0 radical (unpaired) electrons. The van der Waals surface area contributed by atoms with Crippen molar-refractivity contribution < 1.29 is 0 Å². The third kappa shape index (κ3) is 3.39. The zero-order chi connectivity index (χ0) is 15.6. The molecule has 1 N–H and O–H groups in total. The molecule has 2 rings (SSSR count). The van der Waals surface area contributed by atoms with Gasteiger partial charge in [-0.1, -0.05) is 55.6 Å². The molecular weight excluding hydrogens is 311 g/mol. The Morgan fingerprint density at radius 2 is 1.81 bits per heavy atom. The Hall–Kier alpha value is -1.52. The molecule has 0 amide bonds. The molecule has 0 aliphatic heterocycles. The minimum Gasteiger partial charge on any atom is -0.297 e. The minimum atomic E-state index is -0.483. The summed E-state index contributed by atoms with van der Waals surface area (Å²) in [7, 11) is 0. The van der Waals surface area contributed by atoms with Gasteiger partial charge in [0.2, 0.25) is 0 Å². The second-order valence-corrected chi connectivity index (χ2v) is 5.87. The molecule has 0 saturated carbocycles. The van der Waals surface area contributed by atoms with E-state index in [-0.39, 0.29) is 22.2 Å². The van der Waals surface area contributed by atoms with Crippen molar-refractivity contribution in [2.24, 2.45) is 5.92 Å². The summed E-state index contributed by atoms with van der Waals surface area (Å²) < 4.78 is 1.20. The summed E-state index contributed by atoms with van der Waals surface area (Å²) >= 11 is 11.9. The molecule has 1 aromatic heterocycles. The third-order valence-corrected chi connectivity index (χ3v) is 4.00. The van der Waals surface area contributed by atoms with Gasteiger partial charge in [-0.2, -0.15) is 0 Å². The van der Waals surface area contributed by atoms with Crippen molar-refractivity contribution in [1.29, 1.82) is 0 Å². The Balaban J connectivity index is 2.62. The predicted molar refractivity (Wildman–Crippen MR) is 86.2 cm³/mol. The summed E-state index contributed by atoms with van der Waals surface area (Å²) in [5, 5.41) is 0.618. The van der Waals surface area contributed by atoms with Crippen molar-refractivity contribution in [1.82, 2.24) is 9.55 Å². The Labute approximate surface area is 132 Å². The van der Waals surface area contributed by atoms with E-state index in [1.165, 1.54) is 4.57 Å². The van der Waals surface area contributed by atoms with Crippen LogP contribution in [0.3, 0.4) is 0 Å². The highest BCUT2D eigenvalue weighted by atomic mass is 35.5. The summed E-state index contributed by atoms with van der Waals surface area (Å²) in [5.74, 6) is 0.225. The van der Waals surface area contributed by atoms with Gasteiger partial charge >= 0.3 is 5.69 Å². The average molecular weight is 327 g/mol. The first-order chi connectivity index (χ1) is 9.93. The fourth-order valence-electron chi connectivity index (χ4n) is 2.02. The van der Waals surface area contributed by atoms with Gasteiger partial charge in [0, 0.05) is 11.6 Å². The second-order valence-electron chi connectivity index (χ2n) is 5.06. The topological polar surface area (TPSA) is 54.9 Å². The van der Waals surface area contributed by atoms with Crippen LogP contribution in [0.5, 0.6) is 0 Å². The molecule has 0 saturated heterocycles. The summed E-state index contributed by atoms with van der Waals surface area (Å²) in [4.78, 5) is 27.1. The summed E-state index contributed by atoms with van der Waals surface area (Å²) in [6, 6.07) is 6.77. The van der Waals surface area contributed by atoms with Gasteiger partial charge in [0.05, 0.1) is 5.56 Å². The fourth-order valence-corrected chi connectivity index (χ4v) is 2.42. The number of hydrogen-bond donors (Lipinski definition) is 1. The average Bonchev–Trinajstić information content (AvgIpc) is 2.45. The van der Waals surface area contributed by atoms with Crippen LogP contribution < -0.4 is 11.2 Å². The number of halogens is 2. The molecule has 21 heavy (non-hydrogen) atoms. The molecule has 0 spiro atoms. The van der Waals surface area contributed by atoms with Crippen LogP contribution >= 0.6 is 23.2 Å². The zero-order valence-electron chi connectivity index (χ0n) is 11.8. The van der Waals surface area contributed by atoms with Crippen molar-refractivity contribution in [3.8, 4) is 11.1 Å². The Morgan fingerprint density at radius 3 is 2.38 bits per heavy atom. The number of aromatic nitrogens is 2. The van der Waals surface area contributed by atoms with E-state index >= 15 is 0 Å². The van der Waals surface area contributed by atoms with Crippen LogP contribution in [0.2, 0.25) is 10.2 Å². The van der Waals surface area contributed by atoms with Crippen molar-refractivity contribution in [2.45, 2.75) is 26.8 Å². The number of H-pyrrole nitrogens is 1. The number of nitrogens with one attached hydrogen (secondary N) is 1. The highest BCUT2D eigenvalue weighted by Gasteiger charge is 2.15. The van der Waals surface area contributed by atoms with Gasteiger partial charge in [0.15, 0.2) is 0 Å². The predicted octanol–water partition coefficient (Wildman–Crippen LogP) is 3.56. The number of nitrogens with zero attached hydrogens (tertiary/aromatic N) is 1. The van der Waals surface area contributed by atoms with Gasteiger partial charge in [0.1, 0.15) is 5.15 Å². The van der Waals surface area contributed by atoms with E-state index < -0.39 is 5.69 Å². The van der Waals surface area contributed by atoms with Gasteiger partial charge in [-0.3, -0.25) is 14.3 Å². The molecule has 6 heteroatoms. The molecule has 2 aromatic rings. The fraction of sp³-hybridized carbons (Fsp3) is 0.333. The first-order valence-electron chi connectivity index (χ1n) is 6.72. The Bertz CT molecular complexity index is 748. The first kappa shape index (κ1) is 15.9. The Morgan fingerprint density at radius 1 is 1.19 bits per heavy atom. The maximum Gasteiger partial charge on any atom is 0.329 e. The molecular formula is C15H16Cl2N2O2. The lowest BCUT2D eigenvalue weighted by Crippen LogP contribution is -2.37. The number of hydrogen-bond acceptors (Lipinski definition) is 2. The van der Waals surface area contributed by atoms with Gasteiger partial charge in [0.25, 0.3) is 5.56 Å². The van der Waals surface area contributed by atoms with Crippen LogP contribution in [-0.2, 0) is 6.54 Å². The minimum absolute atomic E-state index is 0.0488. The first-order valence-corrected chi connectivity index (χ1v) is 7.48. The van der Waals surface area contributed by atoms with E-state index in [2.05, 4.69) is 4.98 Å². The van der Waals surface area contributed by atoms with Gasteiger partial charge in [-0.25, -0.2) is 4.79 Å². The normalized spacial score (nSPS) is 12.4. The molecule has 1 heterocycles. The van der Waals surface area contributed by atoms with Crippen LogP contribution in [-0.4, -0.2) is 9.55 Å². The standard InChI is InChI=1S/C15H16Cl2N2O2/c1-3-9(2)8-19-14(20)12(13(17)18-15(19)21)10-4-6-11(16)7-5-10/h4-7,9H,3,8H2,1-2H3,(H,18,21). The molecule has 0 aliphatic carbocycles. The van der Waals surface area contributed by atoms with Gasteiger partial charge < -0.3 is 0 Å². The quantitative estimate of drug-likeness (QED) is 0.873. The van der Waals surface area contributed by atoms with Crippen molar-refractivity contribution in [3.63, 3.8) is 0 Å². The Kier molecular flexibility index (Phi) is 4.91. The number of benzene rings is 1. The molecule has 1 aromatic carbocycles. The van der Waals surface area contributed by atoms with E-state index in [0.717, 1.165) is 6.42 Å². The summed E-state index contributed by atoms with van der Waals surface area (Å²) in [6.07, 6.45) is 0.880. The molecule has 1 unspecified atom stereocenters. The molecule has 0 bridgehead atoms. The lowest BCUT2D eigenvalue weighted by molar-refractivity contribution is 0.447. The maximum atomic E-state index is 12.6. The van der Waals surface area contributed by atoms with Crippen molar-refractivity contribution in [3.05, 3.63) is 55.3 Å². The van der Waals surface area contributed by atoms with E-state index in [0.29, 0.717) is 17.1 Å². The molecule has 1 atom stereocenters. The maximum absolute atomic E-state index is 12.6. The summed E-state index contributed by atoms with van der Waals surface area (Å²) in [6.45, 7) is 4.37. The number of rotatable bonds is 4. The molecule has 4 nitrogen and oxygen atoms in total. The smallest absolute Gasteiger partial charge is 0.297 e. The van der Waals surface area contributed by atoms with Crippen LogP contribution in [0.25, 0.3) is 11.1 Å². The van der Waals surface area contributed by atoms with Crippen LogP contribution in [0.4, 0.5) is 0 Å². The lowest BCUT2D eigenvalue weighted by Gasteiger charge is -2.12. The SMILES string of the molecule is CCC(C)Cn1c(=O)[nH]c(Cl)c(-c2ccc(Cl)cc2)c1=O. The van der Waals surface area contributed by atoms with Crippen LogP contribution in [0, 0.1) is 5.92 Å². The number of aromatic amines is 1. The van der Waals surface area contributed by atoms with Crippen molar-refractivity contribution in [2.75, 3.05) is 0 Å². The van der Waals surface area contributed by atoms with E-state index in [4.69, 9.17) is 23.2 Å². The van der Waals surface area contributed by atoms with Crippen LogP contribution in [0.1, 0.15) is 20.3 Å². The zero-order valence-corrected chi connectivity index (χ0v) is 13.3. The van der Waals surface area contributed by atoms with Crippen LogP contribution in [0.15, 0.2) is 33.9 Å². The van der Waals surface area contributed by atoms with Crippen molar-refractivity contribution >= 4 is 23.2 Å². The monoisotopic (exact) mass is 326 g/mol. The van der Waals surface area contributed by atoms with Gasteiger partial charge in [-0.05, 0) is 23.6 Å². The highest BCUT2D eigenvalue weighted by Crippen LogP contribution is 2.23.